The highest BCUT2D eigenvalue weighted by molar-refractivity contribution is 6.30. The third kappa shape index (κ3) is 5.83. The van der Waals surface area contributed by atoms with E-state index in [1.165, 1.54) is 10.9 Å². The van der Waals surface area contributed by atoms with Crippen molar-refractivity contribution in [3.8, 4) is 0 Å². The van der Waals surface area contributed by atoms with Gasteiger partial charge in [-0.15, -0.1) is 0 Å². The van der Waals surface area contributed by atoms with E-state index in [1.54, 1.807) is 48.2 Å². The Bertz CT molecular complexity index is 1350. The minimum atomic E-state index is -0.656. The molecule has 0 aliphatic carbocycles. The first-order valence-electron chi connectivity index (χ1n) is 11.5. The number of fused-ring (bicyclic) bond motifs is 1. The Hall–Kier alpha value is -3.92. The molecule has 1 unspecified atom stereocenters. The zero-order valence-electron chi connectivity index (χ0n) is 19.8. The third-order valence-corrected chi connectivity index (χ3v) is 6.48. The van der Waals surface area contributed by atoms with Crippen molar-refractivity contribution in [2.75, 3.05) is 31.1 Å². The van der Waals surface area contributed by atoms with Crippen molar-refractivity contribution in [2.45, 2.75) is 25.9 Å². The van der Waals surface area contributed by atoms with Crippen LogP contribution in [0.4, 0.5) is 5.69 Å². The van der Waals surface area contributed by atoms with Gasteiger partial charge in [-0.25, -0.2) is 4.98 Å². The van der Waals surface area contributed by atoms with Gasteiger partial charge in [0.05, 0.1) is 29.7 Å². The summed E-state index contributed by atoms with van der Waals surface area (Å²) in [4.78, 5) is 57.4. The average molecular weight is 511 g/mol. The molecule has 3 aromatic rings. The van der Waals surface area contributed by atoms with Gasteiger partial charge in [-0.05, 0) is 35.9 Å². The Kier molecular flexibility index (Phi) is 7.54. The zero-order chi connectivity index (χ0) is 25.8. The summed E-state index contributed by atoms with van der Waals surface area (Å²) < 4.78 is 1.23. The lowest BCUT2D eigenvalue weighted by molar-refractivity contribution is -0.129. The topological polar surface area (TPSA) is 131 Å². The maximum Gasteiger partial charge on any atom is 0.261 e. The van der Waals surface area contributed by atoms with Crippen molar-refractivity contribution in [3.63, 3.8) is 0 Å². The number of piperazine rings is 1. The van der Waals surface area contributed by atoms with Gasteiger partial charge in [-0.2, -0.15) is 0 Å². The molecule has 11 heteroatoms. The van der Waals surface area contributed by atoms with Crippen LogP contribution in [0.15, 0.2) is 53.6 Å². The van der Waals surface area contributed by atoms with Crippen LogP contribution in [0.1, 0.15) is 24.9 Å². The van der Waals surface area contributed by atoms with E-state index in [4.69, 9.17) is 17.3 Å². The number of halogens is 1. The van der Waals surface area contributed by atoms with Crippen molar-refractivity contribution >= 4 is 45.9 Å². The number of primary amides is 1. The van der Waals surface area contributed by atoms with Crippen LogP contribution in [0.3, 0.4) is 0 Å². The number of carbonyl (C=O) groups is 3. The number of benzene rings is 2. The second kappa shape index (κ2) is 10.8. The van der Waals surface area contributed by atoms with Crippen LogP contribution < -0.4 is 21.5 Å². The predicted molar refractivity (Wildman–Crippen MR) is 137 cm³/mol. The molecule has 4 rings (SSSR count). The molecule has 3 amide bonds. The van der Waals surface area contributed by atoms with Gasteiger partial charge in [-0.1, -0.05) is 23.7 Å². The lowest BCUT2D eigenvalue weighted by atomic mass is 10.0. The molecule has 1 aromatic heterocycles. The van der Waals surface area contributed by atoms with Crippen molar-refractivity contribution < 1.29 is 14.4 Å². The monoisotopic (exact) mass is 510 g/mol. The summed E-state index contributed by atoms with van der Waals surface area (Å²) in [6.45, 7) is 3.84. The molecule has 0 saturated carbocycles. The summed E-state index contributed by atoms with van der Waals surface area (Å²) in [5.41, 5.74) is 7.07. The highest BCUT2D eigenvalue weighted by Crippen LogP contribution is 2.21. The molecular formula is C25H27ClN6O4. The summed E-state index contributed by atoms with van der Waals surface area (Å²) in [6.07, 6.45) is 1.24. The van der Waals surface area contributed by atoms with E-state index in [2.05, 4.69) is 15.2 Å². The number of rotatable bonds is 7. The van der Waals surface area contributed by atoms with E-state index in [1.807, 2.05) is 6.07 Å². The molecule has 36 heavy (non-hydrogen) atoms. The van der Waals surface area contributed by atoms with Crippen LogP contribution in [0.25, 0.3) is 10.9 Å². The quantitative estimate of drug-likeness (QED) is 0.494. The Morgan fingerprint density at radius 1 is 1.08 bits per heavy atom. The molecule has 10 nitrogen and oxygen atoms in total. The normalized spacial score (nSPS) is 14.5. The Labute approximate surface area is 212 Å². The molecule has 1 atom stereocenters. The van der Waals surface area contributed by atoms with Crippen LogP contribution in [-0.4, -0.2) is 58.4 Å². The van der Waals surface area contributed by atoms with Crippen molar-refractivity contribution in [3.05, 3.63) is 69.7 Å². The maximum absolute atomic E-state index is 13.2. The van der Waals surface area contributed by atoms with Crippen LogP contribution in [0.5, 0.6) is 0 Å². The molecule has 1 saturated heterocycles. The minimum Gasteiger partial charge on any atom is -0.370 e. The molecule has 1 fully saturated rings. The SMILES string of the molecule is CC(=O)N1CCN(c2ccc3ncn(CC(=O)NC(CC(N)=O)c4ccc(Cl)cc4)c(=O)c3c2)CC1. The largest absolute Gasteiger partial charge is 0.370 e. The lowest BCUT2D eigenvalue weighted by Gasteiger charge is -2.35. The molecule has 188 valence electrons. The maximum atomic E-state index is 13.2. The predicted octanol–water partition coefficient (Wildman–Crippen LogP) is 1.45. The first-order valence-corrected chi connectivity index (χ1v) is 11.9. The van der Waals surface area contributed by atoms with Gasteiger partial charge >= 0.3 is 0 Å². The van der Waals surface area contributed by atoms with Crippen LogP contribution in [-0.2, 0) is 20.9 Å². The molecule has 1 aliphatic heterocycles. The lowest BCUT2D eigenvalue weighted by Crippen LogP contribution is -2.48. The van der Waals surface area contributed by atoms with Crippen LogP contribution in [0.2, 0.25) is 5.02 Å². The molecule has 2 aromatic carbocycles. The fourth-order valence-corrected chi connectivity index (χ4v) is 4.40. The van der Waals surface area contributed by atoms with Gasteiger partial charge in [0.2, 0.25) is 17.7 Å². The number of anilines is 1. The fraction of sp³-hybridized carbons (Fsp3) is 0.320. The Morgan fingerprint density at radius 2 is 1.78 bits per heavy atom. The molecule has 0 radical (unpaired) electrons. The summed E-state index contributed by atoms with van der Waals surface area (Å²) in [5, 5.41) is 3.69. The summed E-state index contributed by atoms with van der Waals surface area (Å²) in [7, 11) is 0. The van der Waals surface area contributed by atoms with Gasteiger partial charge in [0.1, 0.15) is 6.54 Å². The molecule has 1 aliphatic rings. The Balaban J connectivity index is 1.51. The van der Waals surface area contributed by atoms with E-state index >= 15 is 0 Å². The number of nitrogens with zero attached hydrogens (tertiary/aromatic N) is 4. The van der Waals surface area contributed by atoms with E-state index < -0.39 is 17.9 Å². The molecule has 0 spiro atoms. The molecular weight excluding hydrogens is 484 g/mol. The molecule has 0 bridgehead atoms. The van der Waals surface area contributed by atoms with Gasteiger partial charge in [0.25, 0.3) is 5.56 Å². The second-order valence-electron chi connectivity index (χ2n) is 8.71. The standard InChI is InChI=1S/C25H27ClN6O4/c1-16(33)30-8-10-31(11-9-30)19-6-7-21-20(12-19)25(36)32(15-28-21)14-24(35)29-22(13-23(27)34)17-2-4-18(26)5-3-17/h2-7,12,15,22H,8-11,13-14H2,1H3,(H2,27,34)(H,29,35). The number of aromatic nitrogens is 2. The zero-order valence-corrected chi connectivity index (χ0v) is 20.6. The van der Waals surface area contributed by atoms with Crippen LogP contribution >= 0.6 is 11.6 Å². The number of amides is 3. The first-order chi connectivity index (χ1) is 17.2. The first kappa shape index (κ1) is 25.2. The smallest absolute Gasteiger partial charge is 0.261 e. The van der Waals surface area contributed by atoms with Gasteiger partial charge in [0, 0.05) is 43.8 Å². The highest BCUT2D eigenvalue weighted by Gasteiger charge is 2.21. The van der Waals surface area contributed by atoms with Crippen molar-refractivity contribution in [1.29, 1.82) is 0 Å². The number of hydrogen-bond donors (Lipinski definition) is 2. The van der Waals surface area contributed by atoms with E-state index in [0.717, 1.165) is 5.69 Å². The second-order valence-corrected chi connectivity index (χ2v) is 9.15. The van der Waals surface area contributed by atoms with Gasteiger partial charge < -0.3 is 20.9 Å². The molecule has 3 N–H and O–H groups in total. The number of carbonyl (C=O) groups excluding carboxylic acids is 3. The average Bonchev–Trinajstić information content (AvgIpc) is 2.85. The van der Waals surface area contributed by atoms with E-state index in [9.17, 15) is 19.2 Å². The summed E-state index contributed by atoms with van der Waals surface area (Å²) in [6, 6.07) is 11.5. The van der Waals surface area contributed by atoms with Crippen LogP contribution in [0, 0.1) is 0 Å². The highest BCUT2D eigenvalue weighted by atomic mass is 35.5. The fourth-order valence-electron chi connectivity index (χ4n) is 4.28. The molecule has 2 heterocycles. The summed E-state index contributed by atoms with van der Waals surface area (Å²) in [5.74, 6) is -0.986. The van der Waals surface area contributed by atoms with Crippen molar-refractivity contribution in [1.82, 2.24) is 19.8 Å². The minimum absolute atomic E-state index is 0.0488. The van der Waals surface area contributed by atoms with Gasteiger partial charge in [0.15, 0.2) is 0 Å². The summed E-state index contributed by atoms with van der Waals surface area (Å²) >= 11 is 5.94. The number of nitrogens with one attached hydrogen (secondary N) is 1. The Morgan fingerprint density at radius 3 is 2.42 bits per heavy atom. The van der Waals surface area contributed by atoms with E-state index in [-0.39, 0.29) is 24.4 Å². The van der Waals surface area contributed by atoms with Gasteiger partial charge in [-0.3, -0.25) is 23.7 Å². The van der Waals surface area contributed by atoms with E-state index in [0.29, 0.717) is 47.7 Å². The number of nitrogens with two attached hydrogens (primary N) is 1. The number of hydrogen-bond acceptors (Lipinski definition) is 6. The van der Waals surface area contributed by atoms with Crippen molar-refractivity contribution in [2.24, 2.45) is 5.73 Å². The third-order valence-electron chi connectivity index (χ3n) is 6.22.